The second-order valence-corrected chi connectivity index (χ2v) is 8.33. The van der Waals surface area contributed by atoms with E-state index in [2.05, 4.69) is 10.1 Å². The van der Waals surface area contributed by atoms with Gasteiger partial charge in [0.15, 0.2) is 16.6 Å². The number of hydrogen-bond donors (Lipinski definition) is 0. The Bertz CT molecular complexity index is 1220. The molecule has 0 saturated heterocycles. The number of aryl methyl sites for hydroxylation is 1. The largest absolute Gasteiger partial charge is 0.280 e. The molecule has 0 N–H and O–H groups in total. The standard InChI is InChI=1S/C22H20F2N4OS/c1-13(2)28-14(3)9-18(26-28)21(29)27(12-15-7-5-4-6-8-15)22-25-20-17(24)10-16(23)11-19(20)30-22/h4-11,13H,12H2,1-3H3. The summed E-state index contributed by atoms with van der Waals surface area (Å²) in [6.45, 7) is 6.10. The molecular formula is C22H20F2N4OS. The van der Waals surface area contributed by atoms with Crippen LogP contribution in [-0.2, 0) is 6.54 Å². The molecule has 4 rings (SSSR count). The van der Waals surface area contributed by atoms with Crippen LogP contribution in [-0.4, -0.2) is 20.7 Å². The van der Waals surface area contributed by atoms with Gasteiger partial charge in [-0.2, -0.15) is 5.10 Å². The van der Waals surface area contributed by atoms with Gasteiger partial charge in [-0.25, -0.2) is 13.8 Å². The number of halogens is 2. The summed E-state index contributed by atoms with van der Waals surface area (Å²) in [6.07, 6.45) is 0. The van der Waals surface area contributed by atoms with E-state index in [0.717, 1.165) is 28.7 Å². The van der Waals surface area contributed by atoms with Gasteiger partial charge in [-0.15, -0.1) is 0 Å². The number of thiazole rings is 1. The van der Waals surface area contributed by atoms with Crippen molar-refractivity contribution in [3.8, 4) is 0 Å². The summed E-state index contributed by atoms with van der Waals surface area (Å²) in [5.74, 6) is -1.77. The SMILES string of the molecule is Cc1cc(C(=O)N(Cc2ccccc2)c2nc3c(F)cc(F)cc3s2)nn1C(C)C. The number of anilines is 1. The molecule has 8 heteroatoms. The molecule has 2 aromatic heterocycles. The lowest BCUT2D eigenvalue weighted by Crippen LogP contribution is -2.30. The van der Waals surface area contributed by atoms with Crippen LogP contribution in [0.1, 0.15) is 41.6 Å². The van der Waals surface area contributed by atoms with Crippen molar-refractivity contribution in [2.75, 3.05) is 4.90 Å². The fraction of sp³-hybridized carbons (Fsp3) is 0.227. The zero-order valence-electron chi connectivity index (χ0n) is 16.8. The molecule has 0 aliphatic carbocycles. The summed E-state index contributed by atoms with van der Waals surface area (Å²) in [6, 6.07) is 13.3. The van der Waals surface area contributed by atoms with Crippen LogP contribution >= 0.6 is 11.3 Å². The van der Waals surface area contributed by atoms with Gasteiger partial charge in [-0.3, -0.25) is 14.4 Å². The molecule has 1 amide bonds. The van der Waals surface area contributed by atoms with Gasteiger partial charge in [0.25, 0.3) is 5.91 Å². The fourth-order valence-electron chi connectivity index (χ4n) is 3.31. The maximum absolute atomic E-state index is 14.2. The second kappa shape index (κ2) is 7.95. The lowest BCUT2D eigenvalue weighted by molar-refractivity contribution is 0.0979. The topological polar surface area (TPSA) is 51.0 Å². The number of carbonyl (C=O) groups excluding carboxylic acids is 1. The van der Waals surface area contributed by atoms with Crippen molar-refractivity contribution in [1.29, 1.82) is 0 Å². The van der Waals surface area contributed by atoms with E-state index in [-0.39, 0.29) is 29.7 Å². The summed E-state index contributed by atoms with van der Waals surface area (Å²) < 4.78 is 30.0. The Labute approximate surface area is 176 Å². The molecule has 0 fully saturated rings. The van der Waals surface area contributed by atoms with Gasteiger partial charge in [0.2, 0.25) is 0 Å². The van der Waals surface area contributed by atoms with Crippen molar-refractivity contribution >= 4 is 32.6 Å². The Morgan fingerprint density at radius 3 is 2.57 bits per heavy atom. The average molecular weight is 426 g/mol. The highest BCUT2D eigenvalue weighted by Crippen LogP contribution is 2.33. The number of aromatic nitrogens is 3. The summed E-state index contributed by atoms with van der Waals surface area (Å²) >= 11 is 1.07. The summed E-state index contributed by atoms with van der Waals surface area (Å²) in [5, 5.41) is 4.74. The molecule has 4 aromatic rings. The molecule has 0 spiro atoms. The number of carbonyl (C=O) groups is 1. The van der Waals surface area contributed by atoms with Gasteiger partial charge < -0.3 is 0 Å². The third-order valence-corrected chi connectivity index (χ3v) is 5.72. The third-order valence-electron chi connectivity index (χ3n) is 4.69. The van der Waals surface area contributed by atoms with Crippen LogP contribution in [0.15, 0.2) is 48.5 Å². The Balaban J connectivity index is 1.79. The Hall–Kier alpha value is -3.13. The third kappa shape index (κ3) is 3.82. The van der Waals surface area contributed by atoms with Gasteiger partial charge in [-0.05, 0) is 38.5 Å². The smallest absolute Gasteiger partial charge is 0.278 e. The first kappa shape index (κ1) is 20.2. The van der Waals surface area contributed by atoms with Crippen LogP contribution in [0.2, 0.25) is 0 Å². The molecular weight excluding hydrogens is 406 g/mol. The molecule has 0 saturated carbocycles. The first-order chi connectivity index (χ1) is 14.3. The highest BCUT2D eigenvalue weighted by atomic mass is 32.1. The highest BCUT2D eigenvalue weighted by Gasteiger charge is 2.25. The van der Waals surface area contributed by atoms with Crippen molar-refractivity contribution in [2.45, 2.75) is 33.4 Å². The van der Waals surface area contributed by atoms with Gasteiger partial charge in [-0.1, -0.05) is 41.7 Å². The van der Waals surface area contributed by atoms with Gasteiger partial charge in [0, 0.05) is 17.8 Å². The maximum atomic E-state index is 14.2. The number of nitrogens with zero attached hydrogens (tertiary/aromatic N) is 4. The lowest BCUT2D eigenvalue weighted by atomic mass is 10.2. The minimum atomic E-state index is -0.750. The van der Waals surface area contributed by atoms with E-state index >= 15 is 0 Å². The van der Waals surface area contributed by atoms with Crippen LogP contribution in [0.5, 0.6) is 0 Å². The lowest BCUT2D eigenvalue weighted by Gasteiger charge is -2.19. The Morgan fingerprint density at radius 2 is 1.90 bits per heavy atom. The molecule has 0 bridgehead atoms. The molecule has 0 atom stereocenters. The molecule has 0 unspecified atom stereocenters. The minimum absolute atomic E-state index is 0.0474. The van der Waals surface area contributed by atoms with E-state index in [0.29, 0.717) is 9.83 Å². The molecule has 5 nitrogen and oxygen atoms in total. The summed E-state index contributed by atoms with van der Waals surface area (Å²) in [5.41, 5.74) is 2.08. The van der Waals surface area contributed by atoms with Crippen molar-refractivity contribution in [2.24, 2.45) is 0 Å². The van der Waals surface area contributed by atoms with E-state index in [1.165, 1.54) is 11.0 Å². The van der Waals surface area contributed by atoms with Crippen LogP contribution in [0.3, 0.4) is 0 Å². The van der Waals surface area contributed by atoms with E-state index < -0.39 is 11.6 Å². The quantitative estimate of drug-likeness (QED) is 0.423. The predicted octanol–water partition coefficient (Wildman–Crippen LogP) is 5.51. The predicted molar refractivity (Wildman–Crippen MR) is 114 cm³/mol. The highest BCUT2D eigenvalue weighted by molar-refractivity contribution is 7.22. The van der Waals surface area contributed by atoms with Crippen molar-refractivity contribution in [3.05, 3.63) is 77.1 Å². The molecule has 2 aromatic carbocycles. The first-order valence-electron chi connectivity index (χ1n) is 9.51. The normalized spacial score (nSPS) is 11.4. The van der Waals surface area contributed by atoms with Gasteiger partial charge >= 0.3 is 0 Å². The van der Waals surface area contributed by atoms with Gasteiger partial charge in [0.05, 0.1) is 11.2 Å². The molecule has 154 valence electrons. The van der Waals surface area contributed by atoms with Crippen LogP contribution in [0, 0.1) is 18.6 Å². The zero-order valence-corrected chi connectivity index (χ0v) is 17.6. The summed E-state index contributed by atoms with van der Waals surface area (Å²) in [7, 11) is 0. The zero-order chi connectivity index (χ0) is 21.4. The van der Waals surface area contributed by atoms with Crippen LogP contribution in [0.4, 0.5) is 13.9 Å². The van der Waals surface area contributed by atoms with E-state index in [4.69, 9.17) is 0 Å². The van der Waals surface area contributed by atoms with Crippen molar-refractivity contribution in [1.82, 2.24) is 14.8 Å². The van der Waals surface area contributed by atoms with Crippen LogP contribution < -0.4 is 4.90 Å². The van der Waals surface area contributed by atoms with E-state index in [1.54, 1.807) is 10.7 Å². The number of rotatable bonds is 5. The Kier molecular flexibility index (Phi) is 5.34. The van der Waals surface area contributed by atoms with Gasteiger partial charge in [0.1, 0.15) is 11.3 Å². The molecule has 0 aliphatic rings. The molecule has 2 heterocycles. The summed E-state index contributed by atoms with van der Waals surface area (Å²) in [4.78, 5) is 19.2. The van der Waals surface area contributed by atoms with E-state index in [9.17, 15) is 13.6 Å². The first-order valence-corrected chi connectivity index (χ1v) is 10.3. The maximum Gasteiger partial charge on any atom is 0.280 e. The van der Waals surface area contributed by atoms with Crippen LogP contribution in [0.25, 0.3) is 10.2 Å². The Morgan fingerprint density at radius 1 is 1.17 bits per heavy atom. The molecule has 0 aliphatic heterocycles. The monoisotopic (exact) mass is 426 g/mol. The number of fused-ring (bicyclic) bond motifs is 1. The molecule has 30 heavy (non-hydrogen) atoms. The van der Waals surface area contributed by atoms with E-state index in [1.807, 2.05) is 51.1 Å². The number of amides is 1. The second-order valence-electron chi connectivity index (χ2n) is 7.32. The minimum Gasteiger partial charge on any atom is -0.278 e. The van der Waals surface area contributed by atoms with Crippen molar-refractivity contribution < 1.29 is 13.6 Å². The number of benzene rings is 2. The average Bonchev–Trinajstić information content (AvgIpc) is 3.30. The van der Waals surface area contributed by atoms with Crippen molar-refractivity contribution in [3.63, 3.8) is 0 Å². The molecule has 0 radical (unpaired) electrons. The fourth-order valence-corrected chi connectivity index (χ4v) is 4.31. The number of hydrogen-bond acceptors (Lipinski definition) is 4.